The number of carbonyl (C=O) groups excluding carboxylic acids is 1. The molecule has 0 atom stereocenters. The molecule has 6 nitrogen and oxygen atoms in total. The highest BCUT2D eigenvalue weighted by Gasteiger charge is 2.21. The molecule has 0 saturated carbocycles. The SMILES string of the molecule is O=C(NCCc1nnc2ccccn12)c1sc2cccc(F)c2c1COc1ccccc1. The number of thiophene rings is 1. The van der Waals surface area contributed by atoms with Gasteiger partial charge in [-0.2, -0.15) is 0 Å². The maximum absolute atomic E-state index is 14.6. The Kier molecular flexibility index (Phi) is 5.51. The summed E-state index contributed by atoms with van der Waals surface area (Å²) in [5.41, 5.74) is 1.31. The minimum absolute atomic E-state index is 0.0997. The minimum atomic E-state index is -0.362. The van der Waals surface area contributed by atoms with E-state index in [1.54, 1.807) is 6.07 Å². The van der Waals surface area contributed by atoms with Crippen molar-refractivity contribution in [2.45, 2.75) is 13.0 Å². The zero-order valence-corrected chi connectivity index (χ0v) is 17.8. The lowest BCUT2D eigenvalue weighted by Crippen LogP contribution is -2.26. The first kappa shape index (κ1) is 20.1. The second kappa shape index (κ2) is 8.76. The number of carbonyl (C=O) groups is 1. The number of halogens is 1. The number of nitrogens with one attached hydrogen (secondary N) is 1. The number of benzene rings is 2. The highest BCUT2D eigenvalue weighted by Crippen LogP contribution is 2.34. The zero-order valence-electron chi connectivity index (χ0n) is 17.0. The molecule has 8 heteroatoms. The normalized spacial score (nSPS) is 11.2. The van der Waals surface area contributed by atoms with E-state index in [1.807, 2.05) is 65.2 Å². The van der Waals surface area contributed by atoms with E-state index in [1.165, 1.54) is 17.4 Å². The molecule has 5 rings (SSSR count). The number of nitrogens with zero attached hydrogens (tertiary/aromatic N) is 3. The van der Waals surface area contributed by atoms with E-state index < -0.39 is 0 Å². The molecule has 2 aromatic carbocycles. The summed E-state index contributed by atoms with van der Waals surface area (Å²) >= 11 is 1.27. The lowest BCUT2D eigenvalue weighted by atomic mass is 10.1. The van der Waals surface area contributed by atoms with Crippen LogP contribution in [-0.4, -0.2) is 27.0 Å². The van der Waals surface area contributed by atoms with Crippen molar-refractivity contribution in [2.24, 2.45) is 0 Å². The third kappa shape index (κ3) is 3.92. The largest absolute Gasteiger partial charge is 0.489 e. The van der Waals surface area contributed by atoms with E-state index in [-0.39, 0.29) is 18.3 Å². The number of aromatic nitrogens is 3. The molecule has 3 heterocycles. The van der Waals surface area contributed by atoms with Crippen LogP contribution in [0.4, 0.5) is 4.39 Å². The van der Waals surface area contributed by atoms with Gasteiger partial charge in [0.1, 0.15) is 24.0 Å². The van der Waals surface area contributed by atoms with Gasteiger partial charge in [-0.25, -0.2) is 4.39 Å². The predicted octanol–water partition coefficient (Wildman–Crippen LogP) is 4.63. The fourth-order valence-electron chi connectivity index (χ4n) is 3.59. The smallest absolute Gasteiger partial charge is 0.261 e. The maximum atomic E-state index is 14.6. The van der Waals surface area contributed by atoms with Gasteiger partial charge in [0.2, 0.25) is 0 Å². The molecule has 0 aliphatic rings. The highest BCUT2D eigenvalue weighted by atomic mass is 32.1. The molecule has 0 aliphatic carbocycles. The van der Waals surface area contributed by atoms with Gasteiger partial charge < -0.3 is 10.1 Å². The average molecular weight is 447 g/mol. The molecule has 160 valence electrons. The Hall–Kier alpha value is -3.78. The van der Waals surface area contributed by atoms with Crippen LogP contribution in [0.2, 0.25) is 0 Å². The molecular weight excluding hydrogens is 427 g/mol. The molecule has 5 aromatic rings. The Balaban J connectivity index is 1.36. The van der Waals surface area contributed by atoms with Crippen LogP contribution in [0.5, 0.6) is 5.75 Å². The third-order valence-corrected chi connectivity index (χ3v) is 6.31. The van der Waals surface area contributed by atoms with Gasteiger partial charge >= 0.3 is 0 Å². The van der Waals surface area contributed by atoms with Gasteiger partial charge in [0, 0.05) is 34.8 Å². The summed E-state index contributed by atoms with van der Waals surface area (Å²) in [5.74, 6) is 0.801. The number of para-hydroxylation sites is 1. The van der Waals surface area contributed by atoms with Gasteiger partial charge in [-0.15, -0.1) is 21.5 Å². The molecule has 32 heavy (non-hydrogen) atoms. The lowest BCUT2D eigenvalue weighted by Gasteiger charge is -2.09. The van der Waals surface area contributed by atoms with Crippen molar-refractivity contribution in [3.63, 3.8) is 0 Å². The number of pyridine rings is 1. The van der Waals surface area contributed by atoms with Crippen molar-refractivity contribution in [2.75, 3.05) is 6.54 Å². The van der Waals surface area contributed by atoms with Crippen LogP contribution in [0.1, 0.15) is 21.1 Å². The van der Waals surface area contributed by atoms with Gasteiger partial charge in [0.15, 0.2) is 5.65 Å². The van der Waals surface area contributed by atoms with Gasteiger partial charge in [-0.05, 0) is 36.4 Å². The topological polar surface area (TPSA) is 68.5 Å². The van der Waals surface area contributed by atoms with E-state index in [4.69, 9.17) is 4.74 Å². The van der Waals surface area contributed by atoms with E-state index in [9.17, 15) is 9.18 Å². The third-order valence-electron chi connectivity index (χ3n) is 5.11. The van der Waals surface area contributed by atoms with Crippen molar-refractivity contribution in [3.05, 3.63) is 95.0 Å². The summed E-state index contributed by atoms with van der Waals surface area (Å²) in [5, 5.41) is 11.7. The first-order valence-corrected chi connectivity index (χ1v) is 11.0. The Morgan fingerprint density at radius 1 is 1.03 bits per heavy atom. The van der Waals surface area contributed by atoms with Crippen LogP contribution < -0.4 is 10.1 Å². The molecular formula is C24H19FN4O2S. The van der Waals surface area contributed by atoms with Crippen LogP contribution >= 0.6 is 11.3 Å². The van der Waals surface area contributed by atoms with E-state index in [0.717, 1.165) is 11.5 Å². The van der Waals surface area contributed by atoms with E-state index >= 15 is 0 Å². The van der Waals surface area contributed by atoms with Crippen LogP contribution in [-0.2, 0) is 13.0 Å². The number of fused-ring (bicyclic) bond motifs is 2. The molecule has 1 amide bonds. The zero-order chi connectivity index (χ0) is 21.9. The monoisotopic (exact) mass is 446 g/mol. The van der Waals surface area contributed by atoms with Crippen LogP contribution in [0.15, 0.2) is 72.9 Å². The number of hydrogen-bond acceptors (Lipinski definition) is 5. The first-order valence-electron chi connectivity index (χ1n) is 10.2. The standard InChI is InChI=1S/C24H19FN4O2S/c25-18-9-6-10-19-22(18)17(15-31-16-7-2-1-3-8-16)23(32-19)24(30)26-13-12-21-28-27-20-11-4-5-14-29(20)21/h1-11,14H,12-13,15H2,(H,26,30). The quantitative estimate of drug-likeness (QED) is 0.396. The predicted molar refractivity (Wildman–Crippen MR) is 122 cm³/mol. The molecule has 0 aliphatic heterocycles. The average Bonchev–Trinajstić information content (AvgIpc) is 3.41. The van der Waals surface area contributed by atoms with Gasteiger partial charge in [-0.1, -0.05) is 30.3 Å². The molecule has 3 aromatic heterocycles. The lowest BCUT2D eigenvalue weighted by molar-refractivity contribution is 0.0956. The maximum Gasteiger partial charge on any atom is 0.261 e. The van der Waals surface area contributed by atoms with Crippen molar-refractivity contribution >= 4 is 33.0 Å². The summed E-state index contributed by atoms with van der Waals surface area (Å²) in [7, 11) is 0. The molecule has 0 fully saturated rings. The number of hydrogen-bond donors (Lipinski definition) is 1. The van der Waals surface area contributed by atoms with Crippen molar-refractivity contribution < 1.29 is 13.9 Å². The molecule has 0 spiro atoms. The van der Waals surface area contributed by atoms with Crippen molar-refractivity contribution in [1.29, 1.82) is 0 Å². The second-order valence-corrected chi connectivity index (χ2v) is 8.23. The molecule has 0 saturated heterocycles. The Morgan fingerprint density at radius 2 is 1.88 bits per heavy atom. The Labute approximate surface area is 187 Å². The Morgan fingerprint density at radius 3 is 2.75 bits per heavy atom. The van der Waals surface area contributed by atoms with E-state index in [2.05, 4.69) is 15.5 Å². The number of rotatable bonds is 7. The summed E-state index contributed by atoms with van der Waals surface area (Å²) in [6, 6.07) is 19.8. The molecule has 0 bridgehead atoms. The number of amides is 1. The minimum Gasteiger partial charge on any atom is -0.489 e. The molecule has 0 radical (unpaired) electrons. The van der Waals surface area contributed by atoms with Crippen LogP contribution in [0.3, 0.4) is 0 Å². The van der Waals surface area contributed by atoms with E-state index in [0.29, 0.717) is 39.2 Å². The van der Waals surface area contributed by atoms with Crippen molar-refractivity contribution in [3.8, 4) is 5.75 Å². The summed E-state index contributed by atoms with van der Waals surface area (Å²) < 4.78 is 23.1. The van der Waals surface area contributed by atoms with Crippen LogP contribution in [0, 0.1) is 5.82 Å². The summed E-state index contributed by atoms with van der Waals surface area (Å²) in [4.78, 5) is 13.5. The van der Waals surface area contributed by atoms with Crippen LogP contribution in [0.25, 0.3) is 15.7 Å². The van der Waals surface area contributed by atoms with Crippen molar-refractivity contribution in [1.82, 2.24) is 19.9 Å². The molecule has 0 unspecified atom stereocenters. The van der Waals surface area contributed by atoms with Gasteiger partial charge in [0.05, 0.1) is 4.88 Å². The first-order chi connectivity index (χ1) is 15.7. The van der Waals surface area contributed by atoms with Gasteiger partial charge in [-0.3, -0.25) is 9.20 Å². The molecule has 1 N–H and O–H groups in total. The van der Waals surface area contributed by atoms with Gasteiger partial charge in [0.25, 0.3) is 5.91 Å². The highest BCUT2D eigenvalue weighted by molar-refractivity contribution is 7.21. The summed E-state index contributed by atoms with van der Waals surface area (Å²) in [6.07, 6.45) is 2.41. The number of ether oxygens (including phenoxy) is 1. The second-order valence-electron chi connectivity index (χ2n) is 7.18. The summed E-state index contributed by atoms with van der Waals surface area (Å²) in [6.45, 7) is 0.479. The fourth-order valence-corrected chi connectivity index (χ4v) is 4.73. The fraction of sp³-hybridized carbons (Fsp3) is 0.125. The Bertz CT molecular complexity index is 1400.